The summed E-state index contributed by atoms with van der Waals surface area (Å²) >= 11 is 5.73. The van der Waals surface area contributed by atoms with Gasteiger partial charge < -0.3 is 11.5 Å². The van der Waals surface area contributed by atoms with E-state index in [1.165, 1.54) is 0 Å². The second-order valence-corrected chi connectivity index (χ2v) is 2.27. The van der Waals surface area contributed by atoms with Crippen molar-refractivity contribution in [2.75, 3.05) is 5.73 Å². The second-order valence-electron chi connectivity index (χ2n) is 1.86. The van der Waals surface area contributed by atoms with E-state index in [0.29, 0.717) is 22.9 Å². The van der Waals surface area contributed by atoms with Crippen molar-refractivity contribution >= 4 is 17.4 Å². The number of rotatable bonds is 1. The van der Waals surface area contributed by atoms with Crippen molar-refractivity contribution in [2.45, 2.75) is 6.54 Å². The summed E-state index contributed by atoms with van der Waals surface area (Å²) in [6.45, 7) is 0.332. The lowest BCUT2D eigenvalue weighted by Gasteiger charge is -2.01. The number of hydrogen-bond donors (Lipinski definition) is 2. The predicted octanol–water partition coefficient (Wildman–Crippen LogP) is 0.776. The first-order chi connectivity index (χ1) is 4.75. The van der Waals surface area contributed by atoms with Crippen molar-refractivity contribution in [1.29, 1.82) is 0 Å². The van der Waals surface area contributed by atoms with Crippen molar-refractivity contribution in [3.63, 3.8) is 0 Å². The van der Waals surface area contributed by atoms with Crippen molar-refractivity contribution in [1.82, 2.24) is 4.98 Å². The van der Waals surface area contributed by atoms with Crippen molar-refractivity contribution < 1.29 is 0 Å². The Morgan fingerprint density at radius 1 is 1.60 bits per heavy atom. The van der Waals surface area contributed by atoms with Gasteiger partial charge in [0.2, 0.25) is 0 Å². The van der Waals surface area contributed by atoms with E-state index < -0.39 is 0 Å². The van der Waals surface area contributed by atoms with Gasteiger partial charge in [-0.05, 0) is 6.07 Å². The van der Waals surface area contributed by atoms with Crippen LogP contribution < -0.4 is 11.5 Å². The summed E-state index contributed by atoms with van der Waals surface area (Å²) in [6, 6.07) is 1.67. The molecule has 4 heteroatoms. The number of aromatic nitrogens is 1. The van der Waals surface area contributed by atoms with Gasteiger partial charge in [0.15, 0.2) is 0 Å². The van der Waals surface area contributed by atoms with E-state index in [1.807, 2.05) is 0 Å². The quantitative estimate of drug-likeness (QED) is 0.633. The topological polar surface area (TPSA) is 64.9 Å². The van der Waals surface area contributed by atoms with Gasteiger partial charge in [-0.25, -0.2) is 4.98 Å². The molecule has 4 N–H and O–H groups in total. The molecule has 0 amide bonds. The third kappa shape index (κ3) is 1.20. The van der Waals surface area contributed by atoms with Gasteiger partial charge in [-0.2, -0.15) is 0 Å². The molecule has 1 aromatic heterocycles. The molecule has 1 rings (SSSR count). The smallest absolute Gasteiger partial charge is 0.129 e. The molecule has 0 spiro atoms. The first kappa shape index (κ1) is 7.31. The van der Waals surface area contributed by atoms with E-state index in [2.05, 4.69) is 4.98 Å². The molecule has 0 fully saturated rings. The Bertz CT molecular complexity index is 216. The minimum Gasteiger partial charge on any atom is -0.383 e. The van der Waals surface area contributed by atoms with Gasteiger partial charge in [0, 0.05) is 18.3 Å². The number of nitrogens with zero attached hydrogens (tertiary/aromatic N) is 1. The molecule has 54 valence electrons. The molecule has 0 radical (unpaired) electrons. The number of hydrogen-bond acceptors (Lipinski definition) is 3. The zero-order chi connectivity index (χ0) is 7.56. The first-order valence-corrected chi connectivity index (χ1v) is 3.22. The maximum absolute atomic E-state index is 5.73. The molecule has 0 saturated carbocycles. The van der Waals surface area contributed by atoms with Crippen LogP contribution in [-0.4, -0.2) is 4.98 Å². The fourth-order valence-electron chi connectivity index (χ4n) is 0.686. The van der Waals surface area contributed by atoms with Crippen LogP contribution in [0, 0.1) is 0 Å². The van der Waals surface area contributed by atoms with Crippen LogP contribution in [0.5, 0.6) is 0 Å². The number of anilines is 1. The van der Waals surface area contributed by atoms with Crippen LogP contribution >= 0.6 is 11.6 Å². The molecule has 3 nitrogen and oxygen atoms in total. The molecular formula is C6H8ClN3. The van der Waals surface area contributed by atoms with E-state index in [0.717, 1.165) is 0 Å². The Labute approximate surface area is 64.0 Å². The maximum Gasteiger partial charge on any atom is 0.129 e. The van der Waals surface area contributed by atoms with Crippen LogP contribution in [-0.2, 0) is 6.54 Å². The number of nitrogens with two attached hydrogens (primary N) is 2. The summed E-state index contributed by atoms with van der Waals surface area (Å²) in [5.74, 6) is 0.412. The molecule has 0 aliphatic carbocycles. The van der Waals surface area contributed by atoms with Gasteiger partial charge in [-0.3, -0.25) is 0 Å². The lowest BCUT2D eigenvalue weighted by Crippen LogP contribution is -2.03. The zero-order valence-electron chi connectivity index (χ0n) is 5.34. The van der Waals surface area contributed by atoms with Crippen LogP contribution in [0.15, 0.2) is 12.3 Å². The highest BCUT2D eigenvalue weighted by Gasteiger charge is 2.01. The van der Waals surface area contributed by atoms with E-state index in [4.69, 9.17) is 23.1 Å². The third-order valence-corrected chi connectivity index (χ3v) is 1.59. The Hall–Kier alpha value is -0.800. The van der Waals surface area contributed by atoms with E-state index in [1.54, 1.807) is 12.3 Å². The Balaban J connectivity index is 3.17. The van der Waals surface area contributed by atoms with Gasteiger partial charge in [-0.15, -0.1) is 0 Å². The molecule has 0 saturated heterocycles. The number of halogens is 1. The highest BCUT2D eigenvalue weighted by Crippen LogP contribution is 2.18. The molecule has 0 atom stereocenters. The molecule has 0 aliphatic heterocycles. The Morgan fingerprint density at radius 2 is 2.30 bits per heavy atom. The predicted molar refractivity (Wildman–Crippen MR) is 41.6 cm³/mol. The van der Waals surface area contributed by atoms with Crippen molar-refractivity contribution in [2.24, 2.45) is 5.73 Å². The standard InChI is InChI=1S/C6H8ClN3/c7-5-1-2-10-6(9)4(5)3-8/h1-2H,3,8H2,(H2,9,10). The minimum atomic E-state index is 0.332. The van der Waals surface area contributed by atoms with Crippen LogP contribution in [0.25, 0.3) is 0 Å². The molecule has 0 aromatic carbocycles. The molecule has 0 aliphatic rings. The zero-order valence-corrected chi connectivity index (χ0v) is 6.10. The van der Waals surface area contributed by atoms with Crippen LogP contribution in [0.2, 0.25) is 5.02 Å². The number of pyridine rings is 1. The Kier molecular flexibility index (Phi) is 2.09. The summed E-state index contributed by atoms with van der Waals surface area (Å²) in [7, 11) is 0. The lowest BCUT2D eigenvalue weighted by atomic mass is 10.2. The van der Waals surface area contributed by atoms with Crippen LogP contribution in [0.3, 0.4) is 0 Å². The minimum absolute atomic E-state index is 0.332. The molecule has 10 heavy (non-hydrogen) atoms. The summed E-state index contributed by atoms with van der Waals surface area (Å²) in [6.07, 6.45) is 1.55. The van der Waals surface area contributed by atoms with Gasteiger partial charge in [0.05, 0.1) is 5.02 Å². The van der Waals surface area contributed by atoms with Gasteiger partial charge >= 0.3 is 0 Å². The second kappa shape index (κ2) is 2.86. The SMILES string of the molecule is NCc1c(Cl)ccnc1N. The fraction of sp³-hybridized carbons (Fsp3) is 0.167. The average molecular weight is 158 g/mol. The molecule has 0 bridgehead atoms. The summed E-state index contributed by atoms with van der Waals surface area (Å²) in [5.41, 5.74) is 11.5. The van der Waals surface area contributed by atoms with E-state index in [9.17, 15) is 0 Å². The van der Waals surface area contributed by atoms with Gasteiger partial charge in [-0.1, -0.05) is 11.6 Å². The maximum atomic E-state index is 5.73. The van der Waals surface area contributed by atoms with Crippen LogP contribution in [0.1, 0.15) is 5.56 Å². The van der Waals surface area contributed by atoms with E-state index in [-0.39, 0.29) is 0 Å². The normalized spacial score (nSPS) is 9.80. The first-order valence-electron chi connectivity index (χ1n) is 2.84. The molecule has 1 aromatic rings. The largest absolute Gasteiger partial charge is 0.383 e. The van der Waals surface area contributed by atoms with Crippen molar-refractivity contribution in [3.05, 3.63) is 22.8 Å². The summed E-state index contributed by atoms with van der Waals surface area (Å²) in [4.78, 5) is 3.82. The van der Waals surface area contributed by atoms with Gasteiger partial charge in [0.25, 0.3) is 0 Å². The van der Waals surface area contributed by atoms with Crippen LogP contribution in [0.4, 0.5) is 5.82 Å². The lowest BCUT2D eigenvalue weighted by molar-refractivity contribution is 1.06. The molecular weight excluding hydrogens is 150 g/mol. The monoisotopic (exact) mass is 157 g/mol. The Morgan fingerprint density at radius 3 is 2.70 bits per heavy atom. The summed E-state index contributed by atoms with van der Waals surface area (Å²) in [5, 5.41) is 0.579. The summed E-state index contributed by atoms with van der Waals surface area (Å²) < 4.78 is 0. The highest BCUT2D eigenvalue weighted by molar-refractivity contribution is 6.31. The third-order valence-electron chi connectivity index (χ3n) is 1.24. The molecule has 1 heterocycles. The number of nitrogen functional groups attached to an aromatic ring is 1. The molecule has 0 unspecified atom stereocenters. The fourth-order valence-corrected chi connectivity index (χ4v) is 0.916. The highest BCUT2D eigenvalue weighted by atomic mass is 35.5. The van der Waals surface area contributed by atoms with E-state index >= 15 is 0 Å². The average Bonchev–Trinajstić information content (AvgIpc) is 1.88. The van der Waals surface area contributed by atoms with Crippen molar-refractivity contribution in [3.8, 4) is 0 Å². The van der Waals surface area contributed by atoms with Gasteiger partial charge in [0.1, 0.15) is 5.82 Å².